The molecule has 8 rings (SSSR count). The van der Waals surface area contributed by atoms with Crippen molar-refractivity contribution in [2.75, 3.05) is 49.6 Å². The molecule has 7 heterocycles. The molecule has 3 aliphatic heterocycles. The molecule has 35 nitrogen and oxygen atoms in total. The molecule has 0 spiro atoms. The molecule has 3 saturated heterocycles. The summed E-state index contributed by atoms with van der Waals surface area (Å²) >= 11 is 9.58. The van der Waals surface area contributed by atoms with Gasteiger partial charge in [0.1, 0.15) is 73.3 Å². The van der Waals surface area contributed by atoms with Crippen molar-refractivity contribution < 1.29 is 79.7 Å². The summed E-state index contributed by atoms with van der Waals surface area (Å²) in [6, 6.07) is 3.26. The summed E-state index contributed by atoms with van der Waals surface area (Å²) in [6.07, 6.45) is -8.03. The second kappa shape index (κ2) is 28.8. The highest BCUT2D eigenvalue weighted by Gasteiger charge is 2.55. The number of alkyl carbamates (subject to hydrolysis) is 1. The molecule has 5 aromatic rings. The smallest absolute Gasteiger partial charge is 0.407 e. The highest BCUT2D eigenvalue weighted by Crippen LogP contribution is 2.59. The summed E-state index contributed by atoms with van der Waals surface area (Å²) in [5, 5.41) is 16.1. The number of thiol groups is 1. The van der Waals surface area contributed by atoms with Crippen LogP contribution in [-0.2, 0) is 79.2 Å². The molecular weight excluding hydrogens is 1220 g/mol. The standard InChI is InChI=1S/C46H60FN19O16P2S2/c1-22(2)31(63-28(67)14-60-64-51)42(70)62-25(6-5-13-52-45(50)71)41(69)61-24-10-8-23(9-11-24)15-75-46(72)53-12-4-3-7-29(68)80-36-35-27(79-44(36)66-21-59-33-38(49)55-19-57-40(33)66)17-77-83(73,85)81-34-26(16-76-84(74,86)82-35)78-43(30(34)47)65-20-58-32-37(48)54-18-56-39(32)65/h8-11,18-22,25-27,30-31,34-36,43-44H,3-7,12-17H2,1-2H3,(H,53,72)(H,61,69)(H,62,70)(H,63,67)(H,73,85)(H,74,86)(H2,48,54,56)(H2,49,55,57)(H3,50,52,71)/t25-,26+,27+,30+,31-,34+,35+,36+,43+,44+,83?,84?/m0/s1. The third-order valence-corrected chi connectivity index (χ3v) is 16.4. The number of unbranched alkanes of at least 4 members (excludes halogenated alkanes) is 1. The number of nitrogen functional groups attached to an aromatic ring is 2. The number of azide groups is 1. The number of carbonyl (C=O) groups is 6. The van der Waals surface area contributed by atoms with Crippen LogP contribution in [0.3, 0.4) is 0 Å². The number of carbonyl (C=O) groups excluding carboxylic acids is 6. The van der Waals surface area contributed by atoms with E-state index < -0.39 is 136 Å². The number of nitrogens with one attached hydrogen (secondary N) is 5. The molecule has 4 aromatic heterocycles. The molecule has 86 heavy (non-hydrogen) atoms. The van der Waals surface area contributed by atoms with Crippen LogP contribution in [0.2, 0.25) is 0 Å². The van der Waals surface area contributed by atoms with E-state index in [2.05, 4.69) is 78.8 Å². The molecule has 12 atom stereocenters. The number of fused-ring (bicyclic) bond motifs is 4. The van der Waals surface area contributed by atoms with Crippen LogP contribution in [0.15, 0.2) is 54.7 Å². The quantitative estimate of drug-likeness (QED) is 0.00904. The molecule has 0 bridgehead atoms. The van der Waals surface area contributed by atoms with Crippen molar-refractivity contribution in [3.05, 3.63) is 65.6 Å². The first kappa shape index (κ1) is 64.5. The zero-order valence-corrected chi connectivity index (χ0v) is 49.1. The Hall–Kier alpha value is -7.47. The zero-order chi connectivity index (χ0) is 61.9. The van der Waals surface area contributed by atoms with E-state index in [-0.39, 0.29) is 85.8 Å². The summed E-state index contributed by atoms with van der Waals surface area (Å²) < 4.78 is 79.8. The van der Waals surface area contributed by atoms with Crippen LogP contribution in [0.5, 0.6) is 0 Å². The molecule has 40 heteroatoms. The minimum Gasteiger partial charge on any atom is -0.455 e. The number of benzene rings is 1. The molecule has 6 amide bonds. The molecule has 0 aliphatic carbocycles. The summed E-state index contributed by atoms with van der Waals surface area (Å²) in [6.45, 7) is -7.60. The van der Waals surface area contributed by atoms with Gasteiger partial charge in [0.05, 0.1) is 25.9 Å². The van der Waals surface area contributed by atoms with Crippen molar-refractivity contribution in [1.82, 2.24) is 60.3 Å². The number of urea groups is 1. The topological polar surface area (TPSA) is 488 Å². The number of halogens is 1. The van der Waals surface area contributed by atoms with Crippen molar-refractivity contribution >= 4 is 113 Å². The van der Waals surface area contributed by atoms with E-state index in [0.717, 1.165) is 12.7 Å². The number of esters is 1. The van der Waals surface area contributed by atoms with E-state index >= 15 is 4.39 Å². The fourth-order valence-corrected chi connectivity index (χ4v) is 12.0. The summed E-state index contributed by atoms with van der Waals surface area (Å²) in [7, 11) is 0. The van der Waals surface area contributed by atoms with Crippen LogP contribution < -0.4 is 43.8 Å². The molecule has 0 saturated carbocycles. The van der Waals surface area contributed by atoms with E-state index in [4.69, 9.17) is 71.6 Å². The Morgan fingerprint density at radius 2 is 1.50 bits per heavy atom. The first-order valence-corrected chi connectivity index (χ1v) is 31.6. The number of ether oxygens (including phenoxy) is 4. The fraction of sp³-hybridized carbons (Fsp3) is 0.522. The predicted octanol–water partition coefficient (Wildman–Crippen LogP) is 2.37. The van der Waals surface area contributed by atoms with E-state index in [1.54, 1.807) is 26.0 Å². The lowest BCUT2D eigenvalue weighted by molar-refractivity contribution is -0.158. The number of rotatable bonds is 22. The average Bonchev–Trinajstić information content (AvgIpc) is 2.75. The van der Waals surface area contributed by atoms with Gasteiger partial charge in [0, 0.05) is 30.1 Å². The zero-order valence-electron chi connectivity index (χ0n) is 45.6. The second-order valence-electron chi connectivity index (χ2n) is 19.7. The van der Waals surface area contributed by atoms with E-state index in [9.17, 15) is 38.2 Å². The Bertz CT molecular complexity index is 3440. The van der Waals surface area contributed by atoms with Crippen LogP contribution in [0.25, 0.3) is 32.8 Å². The summed E-state index contributed by atoms with van der Waals surface area (Å²) in [5.41, 5.74) is 27.1. The molecule has 464 valence electrons. The number of primary amides is 1. The maximum atomic E-state index is 16.5. The number of imidazole rings is 2. The Labute approximate surface area is 496 Å². The maximum absolute atomic E-state index is 16.5. The monoisotopic (exact) mass is 1280 g/mol. The molecule has 12 N–H and O–H groups in total. The van der Waals surface area contributed by atoms with Crippen molar-refractivity contribution in [3.8, 4) is 0 Å². The third kappa shape index (κ3) is 16.5. The van der Waals surface area contributed by atoms with Crippen molar-refractivity contribution in [1.29, 1.82) is 0 Å². The Morgan fingerprint density at radius 3 is 2.15 bits per heavy atom. The van der Waals surface area contributed by atoms with Crippen LogP contribution in [0.1, 0.15) is 64.0 Å². The van der Waals surface area contributed by atoms with Crippen molar-refractivity contribution in [3.63, 3.8) is 0 Å². The number of nitrogens with zero attached hydrogens (tertiary/aromatic N) is 11. The number of hydrogen-bond acceptors (Lipinski definition) is 25. The minimum absolute atomic E-state index is 0.00377. The predicted molar refractivity (Wildman–Crippen MR) is 303 cm³/mol. The van der Waals surface area contributed by atoms with Crippen molar-refractivity contribution in [2.24, 2.45) is 16.8 Å². The van der Waals surface area contributed by atoms with Gasteiger partial charge in [-0.25, -0.2) is 48.4 Å². The van der Waals surface area contributed by atoms with Crippen LogP contribution in [0.4, 0.5) is 31.3 Å². The number of amides is 6. The van der Waals surface area contributed by atoms with Gasteiger partial charge in [-0.2, -0.15) is 0 Å². The fourth-order valence-electron chi connectivity index (χ4n) is 9.12. The largest absolute Gasteiger partial charge is 0.455 e. The molecule has 1 aromatic carbocycles. The number of aromatic nitrogens is 8. The van der Waals surface area contributed by atoms with Gasteiger partial charge in [-0.3, -0.25) is 41.9 Å². The third-order valence-electron chi connectivity index (χ3n) is 13.3. The van der Waals surface area contributed by atoms with Gasteiger partial charge in [0.2, 0.25) is 17.7 Å². The van der Waals surface area contributed by atoms with Crippen LogP contribution in [-0.4, -0.2) is 161 Å². The Kier molecular flexibility index (Phi) is 21.6. The number of nitrogens with two attached hydrogens (primary N) is 3. The Balaban J connectivity index is 0.851. The number of alkyl halides is 1. The SMILES string of the molecule is CC(C)[C@H](NC(=O)CN=[N+]=[N-])C(=O)N[C@@H](CCCNC(N)=O)C(=O)Nc1ccc(COC(=O)NCCCCC(=O)O[C@@H]2[C@@H]3OP(O)(=S)OC[C@H]4O[C@@H](n5cnc6c(N)ncnc65)[C@H](F)[C@@H]4OP(=O)(S)OC[C@H]3O[C@H]2n2cnc3c(N)ncnc32)cc1. The highest BCUT2D eigenvalue weighted by atomic mass is 32.7. The first-order valence-electron chi connectivity index (χ1n) is 26.3. The van der Waals surface area contributed by atoms with Gasteiger partial charge in [-0.1, -0.05) is 43.3 Å². The lowest BCUT2D eigenvalue weighted by Gasteiger charge is -2.30. The maximum Gasteiger partial charge on any atom is 0.407 e. The normalized spacial score (nSPS) is 25.5. The van der Waals surface area contributed by atoms with Gasteiger partial charge in [-0.15, -0.1) is 0 Å². The number of anilines is 3. The lowest BCUT2D eigenvalue weighted by Crippen LogP contribution is -2.55. The van der Waals surface area contributed by atoms with Crippen LogP contribution >= 0.6 is 25.8 Å². The molecule has 3 aliphatic rings. The minimum atomic E-state index is -4.55. The van der Waals surface area contributed by atoms with Gasteiger partial charge in [-0.05, 0) is 66.6 Å². The van der Waals surface area contributed by atoms with E-state index in [1.165, 1.54) is 33.9 Å². The summed E-state index contributed by atoms with van der Waals surface area (Å²) in [5.74, 6) is -3.20. The van der Waals surface area contributed by atoms with E-state index in [0.29, 0.717) is 11.3 Å². The summed E-state index contributed by atoms with van der Waals surface area (Å²) in [4.78, 5) is 116. The molecule has 3 fully saturated rings. The first-order chi connectivity index (χ1) is 41.0. The van der Waals surface area contributed by atoms with E-state index in [1.807, 2.05) is 0 Å². The second-order valence-corrected chi connectivity index (χ2v) is 25.3. The van der Waals surface area contributed by atoms with Crippen molar-refractivity contribution in [2.45, 2.75) is 114 Å². The Morgan fingerprint density at radius 1 is 0.872 bits per heavy atom. The molecular formula is C46H60FN19O16P2S2. The van der Waals surface area contributed by atoms with Crippen LogP contribution in [0, 0.1) is 5.92 Å². The lowest BCUT2D eigenvalue weighted by atomic mass is 10.0. The molecule has 2 unspecified atom stereocenters. The van der Waals surface area contributed by atoms with Gasteiger partial charge in [0.25, 0.3) is 0 Å². The van der Waals surface area contributed by atoms with Gasteiger partial charge < -0.3 is 72.1 Å². The number of hydrogen-bond donors (Lipinski definition) is 10. The van der Waals surface area contributed by atoms with Gasteiger partial charge >= 0.3 is 31.6 Å². The van der Waals surface area contributed by atoms with Gasteiger partial charge in [0.15, 0.2) is 47.7 Å². The average molecular weight is 1280 g/mol. The molecule has 0 radical (unpaired) electrons. The highest BCUT2D eigenvalue weighted by molar-refractivity contribution is 8.44.